The number of ketones is 1. The predicted octanol–water partition coefficient (Wildman–Crippen LogP) is 3.09. The van der Waals surface area contributed by atoms with Crippen molar-refractivity contribution >= 4 is 29.2 Å². The van der Waals surface area contributed by atoms with E-state index < -0.39 is 11.5 Å². The summed E-state index contributed by atoms with van der Waals surface area (Å²) in [6, 6.07) is 8.46. The van der Waals surface area contributed by atoms with Gasteiger partial charge in [-0.05, 0) is 56.6 Å². The van der Waals surface area contributed by atoms with Crippen LogP contribution in [0.25, 0.3) is 0 Å². The fraction of sp³-hybridized carbons (Fsp3) is 0.423. The van der Waals surface area contributed by atoms with E-state index in [1.807, 2.05) is 13.8 Å². The molecule has 0 aliphatic carbocycles. The smallest absolute Gasteiger partial charge is 0.414 e. The van der Waals surface area contributed by atoms with Gasteiger partial charge in [-0.25, -0.2) is 9.18 Å². The standard InChI is InChI=1S/C26H28FN3O5/c1-26(2)20-5-6-21(27)19(23(20)29(3)24(26)32)12-28-9-8-18-13-30(25(33)35-18)16-4-7-22-15(10-16)11-17(31)14-34-22/h4-7,10,18,28H,8-9,11-14H2,1-3H3. The number of Topliss-reactive ketones (excluding diaryl/α,β-unsaturated/α-hetero) is 1. The van der Waals surface area contributed by atoms with Crippen molar-refractivity contribution in [3.63, 3.8) is 0 Å². The molecule has 1 fully saturated rings. The Kier molecular flexibility index (Phi) is 5.75. The molecule has 3 aliphatic heterocycles. The summed E-state index contributed by atoms with van der Waals surface area (Å²) in [5.74, 6) is 0.247. The Morgan fingerprint density at radius 3 is 2.77 bits per heavy atom. The molecule has 1 saturated heterocycles. The molecular weight excluding hydrogens is 453 g/mol. The molecule has 2 aromatic rings. The van der Waals surface area contributed by atoms with Gasteiger partial charge in [-0.1, -0.05) is 6.07 Å². The van der Waals surface area contributed by atoms with E-state index in [1.165, 1.54) is 11.0 Å². The average Bonchev–Trinajstić information content (AvgIpc) is 3.28. The number of anilines is 2. The van der Waals surface area contributed by atoms with Gasteiger partial charge in [0.2, 0.25) is 5.91 Å². The lowest BCUT2D eigenvalue weighted by molar-refractivity contribution is -0.122. The summed E-state index contributed by atoms with van der Waals surface area (Å²) < 4.78 is 25.6. The van der Waals surface area contributed by atoms with Crippen LogP contribution in [-0.4, -0.2) is 50.6 Å². The summed E-state index contributed by atoms with van der Waals surface area (Å²) in [5.41, 5.74) is 2.64. The van der Waals surface area contributed by atoms with Crippen molar-refractivity contribution in [2.45, 2.75) is 44.8 Å². The highest BCUT2D eigenvalue weighted by Crippen LogP contribution is 2.43. The largest absolute Gasteiger partial charge is 0.486 e. The van der Waals surface area contributed by atoms with Crippen LogP contribution in [0.15, 0.2) is 30.3 Å². The van der Waals surface area contributed by atoms with E-state index in [1.54, 1.807) is 36.2 Å². The zero-order valence-corrected chi connectivity index (χ0v) is 20.0. The molecule has 1 unspecified atom stereocenters. The number of rotatable bonds is 6. The van der Waals surface area contributed by atoms with Gasteiger partial charge >= 0.3 is 6.09 Å². The second-order valence-electron chi connectivity index (χ2n) is 9.79. The van der Waals surface area contributed by atoms with Crippen LogP contribution in [0, 0.1) is 5.82 Å². The Hall–Kier alpha value is -3.46. The van der Waals surface area contributed by atoms with Gasteiger partial charge in [0.15, 0.2) is 5.78 Å². The lowest BCUT2D eigenvalue weighted by Gasteiger charge is -2.20. The third-order valence-corrected chi connectivity index (χ3v) is 7.02. The van der Waals surface area contributed by atoms with Crippen LogP contribution >= 0.6 is 0 Å². The van der Waals surface area contributed by atoms with Crippen LogP contribution in [-0.2, 0) is 32.7 Å². The summed E-state index contributed by atoms with van der Waals surface area (Å²) >= 11 is 0. The van der Waals surface area contributed by atoms with Crippen molar-refractivity contribution in [3.8, 4) is 5.75 Å². The Labute approximate surface area is 203 Å². The molecule has 0 bridgehead atoms. The maximum Gasteiger partial charge on any atom is 0.414 e. The first-order valence-corrected chi connectivity index (χ1v) is 11.7. The van der Waals surface area contributed by atoms with E-state index in [4.69, 9.17) is 9.47 Å². The first kappa shape index (κ1) is 23.3. The molecule has 2 amide bonds. The highest BCUT2D eigenvalue weighted by Gasteiger charge is 2.44. The van der Waals surface area contributed by atoms with E-state index in [-0.39, 0.29) is 43.2 Å². The molecule has 3 aliphatic rings. The molecule has 0 saturated carbocycles. The average molecular weight is 482 g/mol. The highest BCUT2D eigenvalue weighted by atomic mass is 19.1. The fourth-order valence-electron chi connectivity index (χ4n) is 5.10. The summed E-state index contributed by atoms with van der Waals surface area (Å²) in [6.07, 6.45) is 0.0775. The van der Waals surface area contributed by atoms with E-state index >= 15 is 0 Å². The number of halogens is 1. The van der Waals surface area contributed by atoms with Crippen molar-refractivity contribution in [1.29, 1.82) is 0 Å². The summed E-state index contributed by atoms with van der Waals surface area (Å²) in [6.45, 7) is 4.91. The maximum atomic E-state index is 14.7. The molecule has 8 nitrogen and oxygen atoms in total. The first-order valence-electron chi connectivity index (χ1n) is 11.7. The van der Waals surface area contributed by atoms with Crippen molar-refractivity contribution in [1.82, 2.24) is 5.32 Å². The number of hydrogen-bond donors (Lipinski definition) is 1. The van der Waals surface area contributed by atoms with Gasteiger partial charge in [-0.3, -0.25) is 14.5 Å². The van der Waals surface area contributed by atoms with E-state index in [0.717, 1.165) is 11.1 Å². The summed E-state index contributed by atoms with van der Waals surface area (Å²) in [5, 5.41) is 3.24. The Bertz CT molecular complexity index is 1230. The Morgan fingerprint density at radius 2 is 1.97 bits per heavy atom. The topological polar surface area (TPSA) is 88.2 Å². The monoisotopic (exact) mass is 481 g/mol. The molecule has 9 heteroatoms. The minimum absolute atomic E-state index is 0.00205. The van der Waals surface area contributed by atoms with Gasteiger partial charge in [-0.2, -0.15) is 0 Å². The van der Waals surface area contributed by atoms with Gasteiger partial charge in [-0.15, -0.1) is 0 Å². The Morgan fingerprint density at radius 1 is 1.17 bits per heavy atom. The molecule has 184 valence electrons. The minimum Gasteiger partial charge on any atom is -0.486 e. The quantitative estimate of drug-likeness (QED) is 0.638. The number of likely N-dealkylation sites (N-methyl/N-ethyl adjacent to an activating group) is 1. The molecule has 1 N–H and O–H groups in total. The van der Waals surface area contributed by atoms with Crippen molar-refractivity contribution < 1.29 is 28.2 Å². The number of benzene rings is 2. The highest BCUT2D eigenvalue weighted by molar-refractivity contribution is 6.08. The number of carbonyl (C=O) groups is 3. The Balaban J connectivity index is 1.20. The lowest BCUT2D eigenvalue weighted by Crippen LogP contribution is -2.33. The van der Waals surface area contributed by atoms with Crippen LogP contribution in [0.2, 0.25) is 0 Å². The van der Waals surface area contributed by atoms with Crippen LogP contribution in [0.5, 0.6) is 5.75 Å². The molecular formula is C26H28FN3O5. The molecule has 0 spiro atoms. The normalized spacial score (nSPS) is 20.6. The molecule has 3 heterocycles. The first-order chi connectivity index (χ1) is 16.7. The van der Waals surface area contributed by atoms with E-state index in [0.29, 0.717) is 42.2 Å². The second kappa shape index (κ2) is 8.64. The second-order valence-corrected chi connectivity index (χ2v) is 9.79. The number of nitrogens with zero attached hydrogens (tertiary/aromatic N) is 2. The van der Waals surface area contributed by atoms with Crippen LogP contribution < -0.4 is 19.9 Å². The number of carbonyl (C=O) groups excluding carboxylic acids is 3. The van der Waals surface area contributed by atoms with Gasteiger partial charge in [0.25, 0.3) is 0 Å². The number of ether oxygens (including phenoxy) is 2. The van der Waals surface area contributed by atoms with Crippen molar-refractivity contribution in [3.05, 3.63) is 52.8 Å². The number of cyclic esters (lactones) is 1. The number of amides is 2. The molecule has 1 atom stereocenters. The van der Waals surface area contributed by atoms with Crippen LogP contribution in [0.4, 0.5) is 20.6 Å². The molecule has 2 aromatic carbocycles. The fourth-order valence-corrected chi connectivity index (χ4v) is 5.10. The van der Waals surface area contributed by atoms with Crippen LogP contribution in [0.3, 0.4) is 0 Å². The third-order valence-electron chi connectivity index (χ3n) is 7.02. The van der Waals surface area contributed by atoms with Crippen LogP contribution in [0.1, 0.15) is 37.0 Å². The van der Waals surface area contributed by atoms with Gasteiger partial charge < -0.3 is 19.7 Å². The zero-order chi connectivity index (χ0) is 24.9. The summed E-state index contributed by atoms with van der Waals surface area (Å²) in [7, 11) is 1.67. The molecule has 0 radical (unpaired) electrons. The minimum atomic E-state index is -0.690. The molecule has 35 heavy (non-hydrogen) atoms. The summed E-state index contributed by atoms with van der Waals surface area (Å²) in [4.78, 5) is 39.9. The molecule has 5 rings (SSSR count). The van der Waals surface area contributed by atoms with Crippen molar-refractivity contribution in [2.75, 3.05) is 36.5 Å². The number of fused-ring (bicyclic) bond motifs is 2. The van der Waals surface area contributed by atoms with E-state index in [2.05, 4.69) is 5.32 Å². The van der Waals surface area contributed by atoms with E-state index in [9.17, 15) is 18.8 Å². The van der Waals surface area contributed by atoms with Gasteiger partial charge in [0.1, 0.15) is 24.3 Å². The third kappa shape index (κ3) is 4.03. The predicted molar refractivity (Wildman–Crippen MR) is 127 cm³/mol. The number of nitrogens with one attached hydrogen (secondary N) is 1. The van der Waals surface area contributed by atoms with Gasteiger partial charge in [0, 0.05) is 36.8 Å². The maximum absolute atomic E-state index is 14.7. The number of hydrogen-bond acceptors (Lipinski definition) is 6. The SMILES string of the molecule is CN1C(=O)C(C)(C)c2ccc(F)c(CNCCC3CN(c4ccc5c(c4)CC(=O)CO5)C(=O)O3)c21. The lowest BCUT2D eigenvalue weighted by atomic mass is 9.85. The van der Waals surface area contributed by atoms with Crippen molar-refractivity contribution in [2.24, 2.45) is 0 Å². The molecule has 0 aromatic heterocycles. The van der Waals surface area contributed by atoms with Gasteiger partial charge in [0.05, 0.1) is 17.6 Å². The zero-order valence-electron chi connectivity index (χ0n) is 20.0.